The predicted molar refractivity (Wildman–Crippen MR) is 71.6 cm³/mol. The second-order valence-corrected chi connectivity index (χ2v) is 4.19. The lowest BCUT2D eigenvalue weighted by Crippen LogP contribution is -2.06. The number of rotatable bonds is 3. The number of para-hydroxylation sites is 1. The molecule has 1 heterocycles. The van der Waals surface area contributed by atoms with Crippen LogP contribution in [0.15, 0.2) is 48.5 Å². The molecule has 18 heavy (non-hydrogen) atoms. The maximum atomic E-state index is 4.21. The number of nitrogens with one attached hydrogen (secondary N) is 1. The van der Waals surface area contributed by atoms with Crippen molar-refractivity contribution in [3.8, 4) is 5.69 Å². The molecule has 0 aliphatic rings. The van der Waals surface area contributed by atoms with Crippen LogP contribution < -0.4 is 5.32 Å². The van der Waals surface area contributed by atoms with Gasteiger partial charge in [-0.25, -0.2) is 4.68 Å². The van der Waals surface area contributed by atoms with Crippen LogP contribution in [0.2, 0.25) is 0 Å². The van der Waals surface area contributed by atoms with Crippen LogP contribution in [0.25, 0.3) is 16.7 Å². The monoisotopic (exact) mass is 238 g/mol. The number of hydrogen-bond acceptors (Lipinski definition) is 3. The summed E-state index contributed by atoms with van der Waals surface area (Å²) in [6.45, 7) is 0.848. The Morgan fingerprint density at radius 2 is 2.00 bits per heavy atom. The van der Waals surface area contributed by atoms with E-state index >= 15 is 0 Å². The normalized spacial score (nSPS) is 10.9. The first kappa shape index (κ1) is 10.9. The maximum Gasteiger partial charge on any atom is 0.113 e. The van der Waals surface area contributed by atoms with E-state index in [-0.39, 0.29) is 0 Å². The summed E-state index contributed by atoms with van der Waals surface area (Å²) in [5.74, 6) is 0. The topological polar surface area (TPSA) is 42.7 Å². The first-order valence-electron chi connectivity index (χ1n) is 5.93. The quantitative estimate of drug-likeness (QED) is 0.760. The smallest absolute Gasteiger partial charge is 0.113 e. The third-order valence-electron chi connectivity index (χ3n) is 2.89. The van der Waals surface area contributed by atoms with Crippen LogP contribution in [0.3, 0.4) is 0 Å². The van der Waals surface area contributed by atoms with Gasteiger partial charge in [-0.2, -0.15) is 0 Å². The molecule has 0 unspecified atom stereocenters. The van der Waals surface area contributed by atoms with Crippen molar-refractivity contribution in [1.29, 1.82) is 0 Å². The molecule has 3 rings (SSSR count). The minimum atomic E-state index is 0.848. The zero-order chi connectivity index (χ0) is 12.4. The molecule has 2 aromatic carbocycles. The van der Waals surface area contributed by atoms with Gasteiger partial charge in [0.2, 0.25) is 0 Å². The number of hydrogen-bond donors (Lipinski definition) is 1. The van der Waals surface area contributed by atoms with Gasteiger partial charge in [0.1, 0.15) is 5.52 Å². The molecular formula is C14H14N4. The van der Waals surface area contributed by atoms with Gasteiger partial charge < -0.3 is 5.32 Å². The summed E-state index contributed by atoms with van der Waals surface area (Å²) in [4.78, 5) is 0. The molecule has 1 N–H and O–H groups in total. The van der Waals surface area contributed by atoms with Crippen molar-refractivity contribution in [3.63, 3.8) is 0 Å². The van der Waals surface area contributed by atoms with Crippen molar-refractivity contribution < 1.29 is 0 Å². The summed E-state index contributed by atoms with van der Waals surface area (Å²) in [6, 6.07) is 16.3. The largest absolute Gasteiger partial charge is 0.316 e. The van der Waals surface area contributed by atoms with Crippen LogP contribution in [0.1, 0.15) is 5.56 Å². The van der Waals surface area contributed by atoms with E-state index in [1.807, 2.05) is 48.1 Å². The minimum absolute atomic E-state index is 0.848. The molecule has 1 aromatic heterocycles. The van der Waals surface area contributed by atoms with Gasteiger partial charge in [-0.3, -0.25) is 0 Å². The average Bonchev–Trinajstić information content (AvgIpc) is 2.83. The van der Waals surface area contributed by atoms with E-state index in [1.54, 1.807) is 0 Å². The zero-order valence-electron chi connectivity index (χ0n) is 10.2. The average molecular weight is 238 g/mol. The molecular weight excluding hydrogens is 224 g/mol. The van der Waals surface area contributed by atoms with E-state index in [4.69, 9.17) is 0 Å². The molecule has 0 atom stereocenters. The van der Waals surface area contributed by atoms with Crippen LogP contribution in [0, 0.1) is 0 Å². The molecule has 0 fully saturated rings. The Kier molecular flexibility index (Phi) is 2.78. The first-order chi connectivity index (χ1) is 8.88. The lowest BCUT2D eigenvalue weighted by molar-refractivity contribution is 0.802. The van der Waals surface area contributed by atoms with Crippen molar-refractivity contribution in [1.82, 2.24) is 20.3 Å². The Bertz CT molecular complexity index is 672. The third kappa shape index (κ3) is 1.87. The van der Waals surface area contributed by atoms with E-state index < -0.39 is 0 Å². The van der Waals surface area contributed by atoms with Gasteiger partial charge in [0, 0.05) is 6.54 Å². The van der Waals surface area contributed by atoms with Crippen molar-refractivity contribution in [2.24, 2.45) is 0 Å². The number of aromatic nitrogens is 3. The molecule has 0 spiro atoms. The summed E-state index contributed by atoms with van der Waals surface area (Å²) in [5.41, 5.74) is 4.21. The van der Waals surface area contributed by atoms with E-state index in [0.717, 1.165) is 23.3 Å². The van der Waals surface area contributed by atoms with E-state index in [0.29, 0.717) is 0 Å². The molecule has 0 saturated carbocycles. The standard InChI is InChI=1S/C14H14N4/c1-15-10-11-5-4-6-12(9-11)18-14-8-3-2-7-13(14)16-17-18/h2-9,15H,10H2,1H3. The van der Waals surface area contributed by atoms with Crippen LogP contribution in [0.5, 0.6) is 0 Å². The van der Waals surface area contributed by atoms with E-state index in [2.05, 4.69) is 27.8 Å². The highest BCUT2D eigenvalue weighted by molar-refractivity contribution is 5.75. The van der Waals surface area contributed by atoms with Gasteiger partial charge in [0.05, 0.1) is 11.2 Å². The van der Waals surface area contributed by atoms with Crippen molar-refractivity contribution in [2.45, 2.75) is 6.54 Å². The fraction of sp³-hybridized carbons (Fsp3) is 0.143. The first-order valence-corrected chi connectivity index (χ1v) is 5.93. The Morgan fingerprint density at radius 3 is 2.89 bits per heavy atom. The van der Waals surface area contributed by atoms with Gasteiger partial charge in [0.25, 0.3) is 0 Å². The summed E-state index contributed by atoms with van der Waals surface area (Å²) < 4.78 is 1.87. The summed E-state index contributed by atoms with van der Waals surface area (Å²) in [7, 11) is 1.94. The fourth-order valence-electron chi connectivity index (χ4n) is 2.06. The Hall–Kier alpha value is -2.20. The van der Waals surface area contributed by atoms with Crippen LogP contribution in [0.4, 0.5) is 0 Å². The molecule has 3 aromatic rings. The Balaban J connectivity index is 2.11. The van der Waals surface area contributed by atoms with Crippen molar-refractivity contribution >= 4 is 11.0 Å². The van der Waals surface area contributed by atoms with Crippen LogP contribution >= 0.6 is 0 Å². The summed E-state index contributed by atoms with van der Waals surface area (Å²) in [5, 5.41) is 11.5. The minimum Gasteiger partial charge on any atom is -0.316 e. The van der Waals surface area contributed by atoms with Gasteiger partial charge in [0.15, 0.2) is 0 Å². The number of nitrogens with zero attached hydrogens (tertiary/aromatic N) is 3. The van der Waals surface area contributed by atoms with Gasteiger partial charge in [-0.05, 0) is 36.9 Å². The molecule has 90 valence electrons. The van der Waals surface area contributed by atoms with E-state index in [9.17, 15) is 0 Å². The van der Waals surface area contributed by atoms with Gasteiger partial charge in [-0.15, -0.1) is 5.10 Å². The van der Waals surface area contributed by atoms with Crippen LogP contribution in [-0.2, 0) is 6.54 Å². The molecule has 0 aliphatic carbocycles. The summed E-state index contributed by atoms with van der Waals surface area (Å²) >= 11 is 0. The Morgan fingerprint density at radius 1 is 1.11 bits per heavy atom. The predicted octanol–water partition coefficient (Wildman–Crippen LogP) is 2.14. The lowest BCUT2D eigenvalue weighted by Gasteiger charge is -2.05. The molecule has 4 nitrogen and oxygen atoms in total. The van der Waals surface area contributed by atoms with E-state index in [1.165, 1.54) is 5.56 Å². The highest BCUT2D eigenvalue weighted by Crippen LogP contribution is 2.16. The second-order valence-electron chi connectivity index (χ2n) is 4.19. The number of fused-ring (bicyclic) bond motifs is 1. The van der Waals surface area contributed by atoms with Crippen LogP contribution in [-0.4, -0.2) is 22.0 Å². The fourth-order valence-corrected chi connectivity index (χ4v) is 2.06. The second kappa shape index (κ2) is 4.58. The van der Waals surface area contributed by atoms with Gasteiger partial charge in [-0.1, -0.05) is 29.5 Å². The Labute approximate surface area is 105 Å². The molecule has 4 heteroatoms. The van der Waals surface area contributed by atoms with Gasteiger partial charge >= 0.3 is 0 Å². The van der Waals surface area contributed by atoms with Crippen molar-refractivity contribution in [3.05, 3.63) is 54.1 Å². The molecule has 0 bridgehead atoms. The third-order valence-corrected chi connectivity index (χ3v) is 2.89. The summed E-state index contributed by atoms with van der Waals surface area (Å²) in [6.07, 6.45) is 0. The highest BCUT2D eigenvalue weighted by atomic mass is 15.4. The molecule has 0 aliphatic heterocycles. The SMILES string of the molecule is CNCc1cccc(-n2nnc3ccccc32)c1. The zero-order valence-corrected chi connectivity index (χ0v) is 10.2. The number of benzene rings is 2. The highest BCUT2D eigenvalue weighted by Gasteiger charge is 2.05. The van der Waals surface area contributed by atoms with Crippen molar-refractivity contribution in [2.75, 3.05) is 7.05 Å². The molecule has 0 amide bonds. The maximum absolute atomic E-state index is 4.21. The molecule has 0 radical (unpaired) electrons. The lowest BCUT2D eigenvalue weighted by atomic mass is 10.2. The molecule has 0 saturated heterocycles.